The Balaban J connectivity index is 2.26. The van der Waals surface area contributed by atoms with Crippen LogP contribution in [0.4, 0.5) is 13.2 Å². The third-order valence-electron chi connectivity index (χ3n) is 3.91. The van der Waals surface area contributed by atoms with Gasteiger partial charge in [0.05, 0.1) is 11.3 Å². The van der Waals surface area contributed by atoms with Crippen LogP contribution in [0.1, 0.15) is 16.1 Å². The summed E-state index contributed by atoms with van der Waals surface area (Å²) in [7, 11) is 0. The summed E-state index contributed by atoms with van der Waals surface area (Å²) in [4.78, 5) is 16.2. The number of carbonyl (C=O) groups excluding carboxylic acids is 1. The third-order valence-corrected chi connectivity index (χ3v) is 4.16. The van der Waals surface area contributed by atoms with E-state index >= 15 is 0 Å². The van der Waals surface area contributed by atoms with Crippen molar-refractivity contribution in [2.45, 2.75) is 13.1 Å². The fraction of sp³-hybridized carbons (Fsp3) is 0.100. The molecule has 0 bridgehead atoms. The van der Waals surface area contributed by atoms with Crippen molar-refractivity contribution in [2.75, 3.05) is 0 Å². The lowest BCUT2D eigenvalue weighted by molar-refractivity contribution is -0.0885. The molecule has 0 atom stereocenters. The van der Waals surface area contributed by atoms with Gasteiger partial charge in [-0.3, -0.25) is 9.78 Å². The third kappa shape index (κ3) is 3.63. The first kappa shape index (κ1) is 18.1. The number of ketones is 1. The largest absolute Gasteiger partial charge is 0.454 e. The molecule has 0 saturated heterocycles. The molecule has 1 aromatic heterocycles. The summed E-state index contributed by atoms with van der Waals surface area (Å²) in [5, 5.41) is 0.539. The van der Waals surface area contributed by atoms with Crippen LogP contribution < -0.4 is 0 Å². The van der Waals surface area contributed by atoms with Crippen LogP contribution in [0.25, 0.3) is 22.4 Å². The van der Waals surface area contributed by atoms with Gasteiger partial charge in [-0.05, 0) is 36.2 Å². The molecule has 6 heteroatoms. The molecule has 3 rings (SSSR count). The van der Waals surface area contributed by atoms with Gasteiger partial charge in [0.15, 0.2) is 0 Å². The second-order valence-corrected chi connectivity index (χ2v) is 6.15. The van der Waals surface area contributed by atoms with E-state index in [9.17, 15) is 18.0 Å². The number of carbonyl (C=O) groups is 1. The predicted octanol–water partition coefficient (Wildman–Crippen LogP) is 6.12. The highest BCUT2D eigenvalue weighted by Crippen LogP contribution is 2.34. The summed E-state index contributed by atoms with van der Waals surface area (Å²) in [5.41, 5.74) is 1.48. The lowest BCUT2D eigenvalue weighted by Gasteiger charge is -2.15. The Labute approximate surface area is 153 Å². The van der Waals surface area contributed by atoms with E-state index in [1.165, 1.54) is 13.0 Å². The standard InChI is InChI=1S/C20H13ClF3NO/c1-12-18(19(26)20(22,23)24)16(13-5-3-2-4-6-13)11-17(25-12)14-7-9-15(21)10-8-14/h2-11H,1H3. The van der Waals surface area contributed by atoms with Gasteiger partial charge in [-0.15, -0.1) is 0 Å². The van der Waals surface area contributed by atoms with Crippen LogP contribution in [-0.2, 0) is 0 Å². The van der Waals surface area contributed by atoms with Crippen molar-refractivity contribution < 1.29 is 18.0 Å². The zero-order valence-electron chi connectivity index (χ0n) is 13.6. The minimum Gasteiger partial charge on any atom is -0.284 e. The molecule has 0 radical (unpaired) electrons. The van der Waals surface area contributed by atoms with Crippen molar-refractivity contribution in [2.24, 2.45) is 0 Å². The highest BCUT2D eigenvalue weighted by Gasteiger charge is 2.41. The summed E-state index contributed by atoms with van der Waals surface area (Å²) in [6, 6.07) is 16.8. The van der Waals surface area contributed by atoms with Gasteiger partial charge in [0, 0.05) is 16.3 Å². The van der Waals surface area contributed by atoms with E-state index in [0.29, 0.717) is 21.8 Å². The first-order chi connectivity index (χ1) is 12.3. The van der Waals surface area contributed by atoms with Crippen molar-refractivity contribution in [1.29, 1.82) is 0 Å². The average molecular weight is 376 g/mol. The topological polar surface area (TPSA) is 30.0 Å². The van der Waals surface area contributed by atoms with Gasteiger partial charge in [0.1, 0.15) is 0 Å². The number of nitrogens with zero attached hydrogens (tertiary/aromatic N) is 1. The Kier molecular flexibility index (Phi) is 4.83. The second kappa shape index (κ2) is 6.92. The number of rotatable bonds is 3. The van der Waals surface area contributed by atoms with Crippen molar-refractivity contribution >= 4 is 17.4 Å². The summed E-state index contributed by atoms with van der Waals surface area (Å²) in [5.74, 6) is -1.90. The SMILES string of the molecule is Cc1nc(-c2ccc(Cl)cc2)cc(-c2ccccc2)c1C(=O)C(F)(F)F. The Hall–Kier alpha value is -2.66. The van der Waals surface area contributed by atoms with Crippen molar-refractivity contribution in [1.82, 2.24) is 4.98 Å². The van der Waals surface area contributed by atoms with Crippen LogP contribution in [-0.4, -0.2) is 16.9 Å². The number of halogens is 4. The monoisotopic (exact) mass is 375 g/mol. The summed E-state index contributed by atoms with van der Waals surface area (Å²) < 4.78 is 39.3. The molecule has 0 aliphatic carbocycles. The molecule has 0 N–H and O–H groups in total. The fourth-order valence-electron chi connectivity index (χ4n) is 2.71. The maximum atomic E-state index is 13.1. The van der Waals surface area contributed by atoms with Crippen molar-refractivity contribution in [3.63, 3.8) is 0 Å². The molecule has 0 saturated carbocycles. The van der Waals surface area contributed by atoms with Gasteiger partial charge >= 0.3 is 6.18 Å². The first-order valence-electron chi connectivity index (χ1n) is 7.72. The molecular formula is C20H13ClF3NO. The van der Waals surface area contributed by atoms with Gasteiger partial charge < -0.3 is 0 Å². The van der Waals surface area contributed by atoms with Gasteiger partial charge in [0.2, 0.25) is 0 Å². The molecule has 0 fully saturated rings. The number of Topliss-reactive ketones (excluding diaryl/α,β-unsaturated/α-hetero) is 1. The van der Waals surface area contributed by atoms with Crippen LogP contribution in [0.3, 0.4) is 0 Å². The second-order valence-electron chi connectivity index (χ2n) is 5.72. The highest BCUT2D eigenvalue weighted by molar-refractivity contribution is 6.30. The van der Waals surface area contributed by atoms with E-state index < -0.39 is 17.5 Å². The molecule has 26 heavy (non-hydrogen) atoms. The lowest BCUT2D eigenvalue weighted by Crippen LogP contribution is -2.25. The summed E-state index contributed by atoms with van der Waals surface area (Å²) in [6.07, 6.45) is -4.97. The number of aryl methyl sites for hydroxylation is 1. The molecule has 1 heterocycles. The highest BCUT2D eigenvalue weighted by atomic mass is 35.5. The quantitative estimate of drug-likeness (QED) is 0.516. The summed E-state index contributed by atoms with van der Waals surface area (Å²) in [6.45, 7) is 1.41. The molecule has 0 spiro atoms. The molecule has 132 valence electrons. The maximum Gasteiger partial charge on any atom is 0.454 e. The Morgan fingerprint density at radius 3 is 2.15 bits per heavy atom. The predicted molar refractivity (Wildman–Crippen MR) is 95.2 cm³/mol. The van der Waals surface area contributed by atoms with E-state index in [-0.39, 0.29) is 11.3 Å². The van der Waals surface area contributed by atoms with Gasteiger partial charge in [-0.1, -0.05) is 54.1 Å². The molecular weight excluding hydrogens is 363 g/mol. The van der Waals surface area contributed by atoms with Crippen LogP contribution in [0, 0.1) is 6.92 Å². The van der Waals surface area contributed by atoms with Crippen molar-refractivity contribution in [3.8, 4) is 22.4 Å². The smallest absolute Gasteiger partial charge is 0.284 e. The van der Waals surface area contributed by atoms with Crippen LogP contribution in [0.5, 0.6) is 0 Å². The van der Waals surface area contributed by atoms with Gasteiger partial charge in [0.25, 0.3) is 5.78 Å². The molecule has 3 aromatic rings. The number of pyridine rings is 1. The van der Waals surface area contributed by atoms with Crippen LogP contribution in [0.15, 0.2) is 60.7 Å². The van der Waals surface area contributed by atoms with Crippen LogP contribution in [0.2, 0.25) is 5.02 Å². The average Bonchev–Trinajstić information content (AvgIpc) is 2.61. The maximum absolute atomic E-state index is 13.1. The molecule has 2 aromatic carbocycles. The zero-order chi connectivity index (χ0) is 18.9. The van der Waals surface area contributed by atoms with Gasteiger partial charge in [-0.25, -0.2) is 0 Å². The summed E-state index contributed by atoms with van der Waals surface area (Å²) >= 11 is 5.88. The van der Waals surface area contributed by atoms with E-state index in [1.54, 1.807) is 54.6 Å². The van der Waals surface area contributed by atoms with E-state index in [1.807, 2.05) is 0 Å². The lowest BCUT2D eigenvalue weighted by atomic mass is 9.94. The van der Waals surface area contributed by atoms with E-state index in [2.05, 4.69) is 4.98 Å². The normalized spacial score (nSPS) is 11.4. The number of benzene rings is 2. The van der Waals surface area contributed by atoms with Gasteiger partial charge in [-0.2, -0.15) is 13.2 Å². The Morgan fingerprint density at radius 1 is 0.962 bits per heavy atom. The molecule has 0 amide bonds. The number of aromatic nitrogens is 1. The fourth-order valence-corrected chi connectivity index (χ4v) is 2.84. The number of hydrogen-bond donors (Lipinski definition) is 0. The Morgan fingerprint density at radius 2 is 1.58 bits per heavy atom. The molecule has 0 unspecified atom stereocenters. The molecule has 0 aliphatic heterocycles. The number of alkyl halides is 3. The minimum atomic E-state index is -4.97. The van der Waals surface area contributed by atoms with E-state index in [0.717, 1.165) is 0 Å². The van der Waals surface area contributed by atoms with Crippen molar-refractivity contribution in [3.05, 3.63) is 76.9 Å². The first-order valence-corrected chi connectivity index (χ1v) is 8.09. The number of hydrogen-bond acceptors (Lipinski definition) is 2. The van der Waals surface area contributed by atoms with E-state index in [4.69, 9.17) is 11.6 Å². The van der Waals surface area contributed by atoms with Crippen LogP contribution >= 0.6 is 11.6 Å². The minimum absolute atomic E-state index is 0.0265. The molecule has 2 nitrogen and oxygen atoms in total. The molecule has 0 aliphatic rings. The zero-order valence-corrected chi connectivity index (χ0v) is 14.4. The Bertz CT molecular complexity index is 951.